The number of halogens is 1. The van der Waals surface area contributed by atoms with Crippen molar-refractivity contribution in [2.75, 3.05) is 25.0 Å². The third-order valence-electron chi connectivity index (χ3n) is 5.99. The summed E-state index contributed by atoms with van der Waals surface area (Å²) in [6.45, 7) is 7.98. The normalized spacial score (nSPS) is 17.1. The predicted octanol–water partition coefficient (Wildman–Crippen LogP) is 3.99. The van der Waals surface area contributed by atoms with Crippen molar-refractivity contribution in [3.63, 3.8) is 0 Å². The number of carbonyl (C=O) groups excluding carboxylic acids is 2. The molecule has 0 radical (unpaired) electrons. The third kappa shape index (κ3) is 5.10. The van der Waals surface area contributed by atoms with Gasteiger partial charge in [-0.1, -0.05) is 11.6 Å². The second-order valence-electron chi connectivity index (χ2n) is 8.04. The molecule has 8 nitrogen and oxygen atoms in total. The highest BCUT2D eigenvalue weighted by atomic mass is 35.5. The molecule has 1 aromatic carbocycles. The topological polar surface area (TPSA) is 97.7 Å². The summed E-state index contributed by atoms with van der Waals surface area (Å²) in [4.78, 5) is 25.5. The van der Waals surface area contributed by atoms with Crippen LogP contribution in [0, 0.1) is 19.8 Å². The van der Waals surface area contributed by atoms with Crippen LogP contribution < -0.4 is 5.32 Å². The highest BCUT2D eigenvalue weighted by molar-refractivity contribution is 7.89. The number of rotatable bonds is 7. The number of nitrogens with one attached hydrogen (secondary N) is 1. The van der Waals surface area contributed by atoms with Crippen LogP contribution in [0.4, 0.5) is 5.69 Å². The Morgan fingerprint density at radius 2 is 1.82 bits per heavy atom. The summed E-state index contributed by atoms with van der Waals surface area (Å²) in [6, 6.07) is 6.75. The molecule has 1 aromatic heterocycles. The number of benzene rings is 1. The molecule has 1 N–H and O–H groups in total. The van der Waals surface area contributed by atoms with E-state index in [4.69, 9.17) is 16.3 Å². The summed E-state index contributed by atoms with van der Waals surface area (Å²) >= 11 is 5.89. The van der Waals surface area contributed by atoms with Crippen molar-refractivity contribution in [1.82, 2.24) is 8.87 Å². The van der Waals surface area contributed by atoms with Crippen LogP contribution in [-0.4, -0.2) is 48.9 Å². The molecule has 1 aliphatic rings. The molecule has 1 fully saturated rings. The maximum atomic E-state index is 13.7. The van der Waals surface area contributed by atoms with Gasteiger partial charge in [0.25, 0.3) is 0 Å². The molecule has 33 heavy (non-hydrogen) atoms. The highest BCUT2D eigenvalue weighted by Gasteiger charge is 2.39. The number of esters is 1. The van der Waals surface area contributed by atoms with Gasteiger partial charge in [-0.15, -0.1) is 0 Å². The van der Waals surface area contributed by atoms with Crippen LogP contribution in [-0.2, 0) is 26.1 Å². The van der Waals surface area contributed by atoms with Crippen molar-refractivity contribution in [2.45, 2.75) is 52.0 Å². The second-order valence-corrected chi connectivity index (χ2v) is 10.3. The lowest BCUT2D eigenvalue weighted by Gasteiger charge is -2.31. The zero-order valence-corrected chi connectivity index (χ0v) is 20.9. The van der Waals surface area contributed by atoms with E-state index in [1.165, 1.54) is 4.31 Å². The minimum absolute atomic E-state index is 0.0286. The quantitative estimate of drug-likeness (QED) is 0.585. The van der Waals surface area contributed by atoms with Gasteiger partial charge in [0.2, 0.25) is 15.9 Å². The van der Waals surface area contributed by atoms with E-state index < -0.39 is 21.9 Å². The maximum Gasteiger partial charge on any atom is 0.341 e. The lowest BCUT2D eigenvalue weighted by Crippen LogP contribution is -2.44. The van der Waals surface area contributed by atoms with Crippen LogP contribution in [0.3, 0.4) is 0 Å². The Hall–Kier alpha value is -2.36. The fraction of sp³-hybridized carbons (Fsp3) is 0.478. The summed E-state index contributed by atoms with van der Waals surface area (Å²) in [6.07, 6.45) is 1.11. The fourth-order valence-corrected chi connectivity index (χ4v) is 6.47. The molecule has 0 spiro atoms. The third-order valence-corrected chi connectivity index (χ3v) is 8.27. The van der Waals surface area contributed by atoms with Crippen LogP contribution in [0.15, 0.2) is 29.2 Å². The molecule has 0 unspecified atom stereocenters. The first-order valence-corrected chi connectivity index (χ1v) is 12.9. The van der Waals surface area contributed by atoms with Gasteiger partial charge >= 0.3 is 5.97 Å². The molecule has 2 aromatic rings. The van der Waals surface area contributed by atoms with Crippen molar-refractivity contribution >= 4 is 39.2 Å². The lowest BCUT2D eigenvalue weighted by atomic mass is 9.99. The van der Waals surface area contributed by atoms with E-state index >= 15 is 0 Å². The van der Waals surface area contributed by atoms with E-state index in [1.54, 1.807) is 49.6 Å². The highest BCUT2D eigenvalue weighted by Crippen LogP contribution is 2.33. The van der Waals surface area contributed by atoms with Crippen LogP contribution in [0.5, 0.6) is 0 Å². The van der Waals surface area contributed by atoms with E-state index in [1.807, 2.05) is 6.92 Å². The average molecular weight is 496 g/mol. The molecule has 3 rings (SSSR count). The Labute approximate surface area is 199 Å². The van der Waals surface area contributed by atoms with Crippen molar-refractivity contribution in [3.05, 3.63) is 46.2 Å². The van der Waals surface area contributed by atoms with Crippen molar-refractivity contribution in [1.29, 1.82) is 0 Å². The minimum atomic E-state index is -4.03. The van der Waals surface area contributed by atoms with Gasteiger partial charge in [-0.3, -0.25) is 4.79 Å². The molecular formula is C23H30ClN3O5S. The summed E-state index contributed by atoms with van der Waals surface area (Å²) in [5, 5.41) is 3.39. The zero-order valence-electron chi connectivity index (χ0n) is 19.4. The Morgan fingerprint density at radius 1 is 1.15 bits per heavy atom. The standard InChI is InChI=1S/C23H30ClN3O5S/c1-5-27-15(3)20(23(29)32-6-2)21(16(27)4)33(30,31)26-13-7-8-17(14-26)22(28)25-19-11-9-18(24)10-12-19/h9-12,17H,5-8,13-14H2,1-4H3,(H,25,28)/t17-/m0/s1. The Bertz CT molecular complexity index is 1140. The van der Waals surface area contributed by atoms with Gasteiger partial charge in [0, 0.05) is 41.7 Å². The molecular weight excluding hydrogens is 466 g/mol. The first-order chi connectivity index (χ1) is 15.6. The number of aromatic nitrogens is 1. The molecule has 2 heterocycles. The number of piperidine rings is 1. The minimum Gasteiger partial charge on any atom is -0.462 e. The SMILES string of the molecule is CCOC(=O)c1c(S(=O)(=O)N2CCC[C@H](C(=O)Nc3ccc(Cl)cc3)C2)c(C)n(CC)c1C. The summed E-state index contributed by atoms with van der Waals surface area (Å²) in [7, 11) is -4.03. The van der Waals surface area contributed by atoms with E-state index in [-0.39, 0.29) is 36.1 Å². The number of hydrogen-bond donors (Lipinski definition) is 1. The van der Waals surface area contributed by atoms with Gasteiger partial charge in [0.05, 0.1) is 12.5 Å². The van der Waals surface area contributed by atoms with Gasteiger partial charge in [-0.05, 0) is 64.8 Å². The lowest BCUT2D eigenvalue weighted by molar-refractivity contribution is -0.120. The summed E-state index contributed by atoms with van der Waals surface area (Å²) < 4.78 is 35.8. The van der Waals surface area contributed by atoms with Crippen LogP contribution in [0.1, 0.15) is 48.4 Å². The van der Waals surface area contributed by atoms with E-state index in [9.17, 15) is 18.0 Å². The molecule has 1 atom stereocenters. The van der Waals surface area contributed by atoms with Crippen molar-refractivity contribution < 1.29 is 22.7 Å². The van der Waals surface area contributed by atoms with Gasteiger partial charge < -0.3 is 14.6 Å². The van der Waals surface area contributed by atoms with Crippen LogP contribution >= 0.6 is 11.6 Å². The number of carbonyl (C=O) groups is 2. The maximum absolute atomic E-state index is 13.7. The molecule has 1 saturated heterocycles. The molecule has 0 aliphatic carbocycles. The summed E-state index contributed by atoms with van der Waals surface area (Å²) in [5.41, 5.74) is 1.72. The van der Waals surface area contributed by atoms with Crippen LogP contribution in [0.2, 0.25) is 5.02 Å². The average Bonchev–Trinajstić information content (AvgIpc) is 3.05. The molecule has 1 amide bonds. The number of hydrogen-bond acceptors (Lipinski definition) is 5. The largest absolute Gasteiger partial charge is 0.462 e. The predicted molar refractivity (Wildman–Crippen MR) is 127 cm³/mol. The summed E-state index contributed by atoms with van der Waals surface area (Å²) in [5.74, 6) is -1.41. The molecule has 1 aliphatic heterocycles. The number of ether oxygens (including phenoxy) is 1. The van der Waals surface area contributed by atoms with E-state index in [2.05, 4.69) is 5.32 Å². The van der Waals surface area contributed by atoms with Crippen molar-refractivity contribution in [3.8, 4) is 0 Å². The molecule has 0 saturated carbocycles. The van der Waals surface area contributed by atoms with Crippen LogP contribution in [0.25, 0.3) is 0 Å². The Morgan fingerprint density at radius 3 is 2.42 bits per heavy atom. The van der Waals surface area contributed by atoms with Gasteiger partial charge in [0.1, 0.15) is 10.5 Å². The fourth-order valence-electron chi connectivity index (χ4n) is 4.37. The number of anilines is 1. The number of amides is 1. The van der Waals surface area contributed by atoms with E-state index in [0.717, 1.165) is 0 Å². The Balaban J connectivity index is 1.90. The van der Waals surface area contributed by atoms with Gasteiger partial charge in [-0.25, -0.2) is 13.2 Å². The van der Waals surface area contributed by atoms with Crippen molar-refractivity contribution in [2.24, 2.45) is 5.92 Å². The van der Waals surface area contributed by atoms with E-state index in [0.29, 0.717) is 41.5 Å². The first-order valence-electron chi connectivity index (χ1n) is 11.0. The first kappa shape index (κ1) is 25.3. The van der Waals surface area contributed by atoms with Gasteiger partial charge in [-0.2, -0.15) is 4.31 Å². The second kappa shape index (κ2) is 10.3. The number of nitrogens with zero attached hydrogens (tertiary/aromatic N) is 2. The Kier molecular flexibility index (Phi) is 7.87. The molecule has 0 bridgehead atoms. The molecule has 180 valence electrons. The monoisotopic (exact) mass is 495 g/mol. The zero-order chi connectivity index (χ0) is 24.3. The van der Waals surface area contributed by atoms with Gasteiger partial charge in [0.15, 0.2) is 0 Å². The molecule has 10 heteroatoms. The number of sulfonamides is 1. The smallest absolute Gasteiger partial charge is 0.341 e.